The fourth-order valence-electron chi connectivity index (χ4n) is 8.02. The molecule has 0 bridgehead atoms. The summed E-state index contributed by atoms with van der Waals surface area (Å²) in [6, 6.07) is 34.6. The van der Waals surface area contributed by atoms with Crippen molar-refractivity contribution in [3.05, 3.63) is 131 Å². The molecule has 8 rings (SSSR count). The summed E-state index contributed by atoms with van der Waals surface area (Å²) < 4.78 is 18.5. The standard InChI is InChI=1S/C40H36O3/c1-41-28-20-16-26(17-21-28)40(27-18-22-29(42-2)23-19-27)25-24-36-38-33-12-5-3-4-10-30(33)31-11-6-7-13-32(31)37(38)34-14-8-9-15-35(34)39(36)43-40/h6-9,11,13-25,30,33H,3-5,10,12H2,1-2H3. The lowest BCUT2D eigenvalue weighted by Crippen LogP contribution is -2.35. The predicted molar refractivity (Wildman–Crippen MR) is 174 cm³/mol. The molecule has 0 radical (unpaired) electrons. The van der Waals surface area contributed by atoms with Crippen LogP contribution in [-0.2, 0) is 5.60 Å². The highest BCUT2D eigenvalue weighted by atomic mass is 16.5. The van der Waals surface area contributed by atoms with Crippen molar-refractivity contribution in [3.63, 3.8) is 0 Å². The summed E-state index contributed by atoms with van der Waals surface area (Å²) in [4.78, 5) is 0. The van der Waals surface area contributed by atoms with Gasteiger partial charge in [-0.2, -0.15) is 0 Å². The van der Waals surface area contributed by atoms with Crippen LogP contribution in [0.4, 0.5) is 0 Å². The molecule has 214 valence electrons. The minimum Gasteiger partial charge on any atom is -0.497 e. The molecular weight excluding hydrogens is 528 g/mol. The second-order valence-electron chi connectivity index (χ2n) is 12.1. The number of methoxy groups -OCH3 is 2. The molecule has 0 saturated heterocycles. The number of fused-ring (bicyclic) bond motifs is 11. The average molecular weight is 565 g/mol. The van der Waals surface area contributed by atoms with E-state index in [1.54, 1.807) is 14.2 Å². The Morgan fingerprint density at radius 3 is 1.93 bits per heavy atom. The summed E-state index contributed by atoms with van der Waals surface area (Å²) in [5, 5.41) is 2.44. The Hall–Kier alpha value is -4.50. The van der Waals surface area contributed by atoms with Gasteiger partial charge in [-0.1, -0.05) is 98.1 Å². The Kier molecular flexibility index (Phi) is 6.29. The highest BCUT2D eigenvalue weighted by Gasteiger charge is 2.42. The van der Waals surface area contributed by atoms with Gasteiger partial charge < -0.3 is 14.2 Å². The van der Waals surface area contributed by atoms with E-state index in [-0.39, 0.29) is 0 Å². The molecule has 1 aliphatic heterocycles. The van der Waals surface area contributed by atoms with Gasteiger partial charge in [0.25, 0.3) is 0 Å². The topological polar surface area (TPSA) is 27.7 Å². The summed E-state index contributed by atoms with van der Waals surface area (Å²) in [7, 11) is 3.41. The second kappa shape index (κ2) is 10.3. The van der Waals surface area contributed by atoms with E-state index in [1.165, 1.54) is 65.3 Å². The van der Waals surface area contributed by atoms with Gasteiger partial charge in [-0.25, -0.2) is 0 Å². The zero-order valence-corrected chi connectivity index (χ0v) is 24.8. The molecule has 3 heteroatoms. The Labute approximate surface area is 253 Å². The largest absolute Gasteiger partial charge is 0.497 e. The summed E-state index contributed by atoms with van der Waals surface area (Å²) >= 11 is 0. The van der Waals surface area contributed by atoms with E-state index in [0.717, 1.165) is 33.8 Å². The molecule has 0 aromatic heterocycles. The lowest BCUT2D eigenvalue weighted by Gasteiger charge is -2.41. The molecule has 5 aromatic carbocycles. The van der Waals surface area contributed by atoms with E-state index in [1.807, 2.05) is 24.3 Å². The number of benzene rings is 5. The smallest absolute Gasteiger partial charge is 0.178 e. The summed E-state index contributed by atoms with van der Waals surface area (Å²) in [6.07, 6.45) is 11.0. The van der Waals surface area contributed by atoms with Crippen molar-refractivity contribution in [3.8, 4) is 28.4 Å². The zero-order valence-electron chi connectivity index (χ0n) is 24.8. The van der Waals surface area contributed by atoms with Crippen molar-refractivity contribution in [1.82, 2.24) is 0 Å². The van der Waals surface area contributed by atoms with Crippen LogP contribution in [0.25, 0.3) is 28.0 Å². The third kappa shape index (κ3) is 4.01. The SMILES string of the molecule is COc1ccc(C2(c3ccc(OC)cc3)C=Cc3c4c(c5ccccc5c3O2)-c2ccccc2C2CCCCCC42)cc1. The Morgan fingerprint density at radius 2 is 1.26 bits per heavy atom. The first kappa shape index (κ1) is 26.2. The normalized spacial score (nSPS) is 19.7. The number of hydrogen-bond acceptors (Lipinski definition) is 3. The third-order valence-electron chi connectivity index (χ3n) is 10.0. The molecular formula is C40H36O3. The van der Waals surface area contributed by atoms with E-state index in [4.69, 9.17) is 14.2 Å². The summed E-state index contributed by atoms with van der Waals surface area (Å²) in [5.74, 6) is 3.65. The maximum Gasteiger partial charge on any atom is 0.178 e. The van der Waals surface area contributed by atoms with Crippen LogP contribution in [0.3, 0.4) is 0 Å². The minimum atomic E-state index is -0.808. The van der Waals surface area contributed by atoms with Crippen LogP contribution in [-0.4, -0.2) is 14.2 Å². The molecule has 2 aliphatic carbocycles. The lowest BCUT2D eigenvalue weighted by atomic mass is 9.66. The lowest BCUT2D eigenvalue weighted by molar-refractivity contribution is 0.163. The third-order valence-corrected chi connectivity index (χ3v) is 10.0. The molecule has 2 atom stereocenters. The molecule has 1 fully saturated rings. The number of hydrogen-bond donors (Lipinski definition) is 0. The molecule has 0 N–H and O–H groups in total. The van der Waals surface area contributed by atoms with Gasteiger partial charge in [-0.3, -0.25) is 0 Å². The van der Waals surface area contributed by atoms with E-state index >= 15 is 0 Å². The van der Waals surface area contributed by atoms with Gasteiger partial charge in [-0.05, 0) is 82.7 Å². The number of rotatable bonds is 4. The van der Waals surface area contributed by atoms with Gasteiger partial charge in [0.05, 0.1) is 14.2 Å². The maximum atomic E-state index is 7.45. The predicted octanol–water partition coefficient (Wildman–Crippen LogP) is 10.0. The number of ether oxygens (including phenoxy) is 3. The van der Waals surface area contributed by atoms with Crippen LogP contribution in [0.5, 0.6) is 17.2 Å². The van der Waals surface area contributed by atoms with Gasteiger partial charge in [0, 0.05) is 22.1 Å². The van der Waals surface area contributed by atoms with Crippen molar-refractivity contribution in [2.75, 3.05) is 14.2 Å². The fourth-order valence-corrected chi connectivity index (χ4v) is 8.02. The van der Waals surface area contributed by atoms with E-state index < -0.39 is 5.60 Å². The van der Waals surface area contributed by atoms with Crippen LogP contribution in [0.2, 0.25) is 0 Å². The average Bonchev–Trinajstić information content (AvgIpc) is 3.34. The Bertz CT molecular complexity index is 1800. The zero-order chi connectivity index (χ0) is 29.0. The van der Waals surface area contributed by atoms with Crippen molar-refractivity contribution in [2.45, 2.75) is 49.5 Å². The molecule has 1 heterocycles. The molecule has 3 aliphatic rings. The molecule has 5 aromatic rings. The first-order valence-electron chi connectivity index (χ1n) is 15.6. The van der Waals surface area contributed by atoms with Crippen LogP contribution in [0, 0.1) is 0 Å². The van der Waals surface area contributed by atoms with Crippen molar-refractivity contribution >= 4 is 16.8 Å². The van der Waals surface area contributed by atoms with Crippen LogP contribution < -0.4 is 14.2 Å². The summed E-state index contributed by atoms with van der Waals surface area (Å²) in [6.45, 7) is 0. The van der Waals surface area contributed by atoms with Crippen molar-refractivity contribution in [1.29, 1.82) is 0 Å². The van der Waals surface area contributed by atoms with Gasteiger partial charge in [0.2, 0.25) is 0 Å². The molecule has 3 nitrogen and oxygen atoms in total. The van der Waals surface area contributed by atoms with Gasteiger partial charge in [-0.15, -0.1) is 0 Å². The Morgan fingerprint density at radius 1 is 0.651 bits per heavy atom. The molecule has 1 saturated carbocycles. The van der Waals surface area contributed by atoms with Crippen LogP contribution in [0.15, 0.2) is 103 Å². The first-order valence-corrected chi connectivity index (χ1v) is 15.6. The maximum absolute atomic E-state index is 7.45. The highest BCUT2D eigenvalue weighted by molar-refractivity contribution is 6.06. The monoisotopic (exact) mass is 564 g/mol. The Balaban J connectivity index is 1.41. The van der Waals surface area contributed by atoms with Gasteiger partial charge >= 0.3 is 0 Å². The minimum absolute atomic E-state index is 0.480. The van der Waals surface area contributed by atoms with Crippen LogP contribution in [0.1, 0.15) is 71.8 Å². The molecule has 43 heavy (non-hydrogen) atoms. The van der Waals surface area contributed by atoms with Crippen LogP contribution >= 0.6 is 0 Å². The second-order valence-corrected chi connectivity index (χ2v) is 12.1. The quantitative estimate of drug-likeness (QED) is 0.217. The van der Waals surface area contributed by atoms with Gasteiger partial charge in [0.1, 0.15) is 17.2 Å². The first-order chi connectivity index (χ1) is 21.2. The molecule has 0 amide bonds. The van der Waals surface area contributed by atoms with Gasteiger partial charge in [0.15, 0.2) is 5.60 Å². The fraction of sp³-hybridized carbons (Fsp3) is 0.250. The molecule has 0 spiro atoms. The van der Waals surface area contributed by atoms with E-state index in [0.29, 0.717) is 11.8 Å². The van der Waals surface area contributed by atoms with Crippen molar-refractivity contribution in [2.24, 2.45) is 0 Å². The van der Waals surface area contributed by atoms with E-state index in [2.05, 4.69) is 84.9 Å². The van der Waals surface area contributed by atoms with E-state index in [9.17, 15) is 0 Å². The molecule has 2 unspecified atom stereocenters. The highest BCUT2D eigenvalue weighted by Crippen LogP contribution is 2.59. The van der Waals surface area contributed by atoms with Crippen molar-refractivity contribution < 1.29 is 14.2 Å². The summed E-state index contributed by atoms with van der Waals surface area (Å²) in [5.41, 5.74) is 8.36.